The van der Waals surface area contributed by atoms with Gasteiger partial charge in [0.05, 0.1) is 5.69 Å². The van der Waals surface area contributed by atoms with E-state index in [0.717, 1.165) is 54.6 Å². The molecule has 1 aromatic carbocycles. The van der Waals surface area contributed by atoms with Gasteiger partial charge in [0, 0.05) is 29.7 Å². The summed E-state index contributed by atoms with van der Waals surface area (Å²) in [5, 5.41) is 9.75. The summed E-state index contributed by atoms with van der Waals surface area (Å²) < 4.78 is 8.27. The minimum atomic E-state index is 0.202. The molecule has 0 aliphatic heterocycles. The van der Waals surface area contributed by atoms with Crippen LogP contribution in [0.2, 0.25) is 5.02 Å². The molecule has 1 fully saturated rings. The third kappa shape index (κ3) is 4.65. The lowest BCUT2D eigenvalue weighted by Crippen LogP contribution is -2.25. The van der Waals surface area contributed by atoms with Gasteiger partial charge in [-0.05, 0) is 76.5 Å². The number of hydrogen-bond donors (Lipinski definition) is 0. The monoisotopic (exact) mass is 425 g/mol. The topological polar surface area (TPSA) is 56.1 Å². The fourth-order valence-corrected chi connectivity index (χ4v) is 4.40. The first-order valence-electron chi connectivity index (χ1n) is 10.4. The standard InChI is InChI=1S/C23H28ClN5O/c1-16-26-27-23(29(16)21-12-9-19(24)14-18(21)15-28(2)3)17-7-10-20(11-8-17)30-22-6-4-5-13-25-22/h4-6,9,12-14,17,20H,7-8,10-11,15H2,1-3H3. The number of rotatable bonds is 6. The van der Waals surface area contributed by atoms with Gasteiger partial charge in [0.15, 0.2) is 0 Å². The van der Waals surface area contributed by atoms with Crippen molar-refractivity contribution in [2.75, 3.05) is 14.1 Å². The first-order chi connectivity index (χ1) is 14.5. The van der Waals surface area contributed by atoms with E-state index >= 15 is 0 Å². The molecule has 1 saturated carbocycles. The van der Waals surface area contributed by atoms with Crippen molar-refractivity contribution < 1.29 is 4.74 Å². The van der Waals surface area contributed by atoms with E-state index in [1.807, 2.05) is 37.3 Å². The lowest BCUT2D eigenvalue weighted by atomic mass is 9.86. The highest BCUT2D eigenvalue weighted by molar-refractivity contribution is 6.30. The van der Waals surface area contributed by atoms with E-state index in [4.69, 9.17) is 16.3 Å². The SMILES string of the molecule is Cc1nnc(C2CCC(Oc3ccccn3)CC2)n1-c1ccc(Cl)cc1CN(C)C. The molecule has 0 saturated heterocycles. The zero-order chi connectivity index (χ0) is 21.1. The number of hydrogen-bond acceptors (Lipinski definition) is 5. The molecule has 2 aromatic heterocycles. The Hall–Kier alpha value is -2.44. The van der Waals surface area contributed by atoms with Crippen molar-refractivity contribution in [3.8, 4) is 11.6 Å². The minimum Gasteiger partial charge on any atom is -0.474 e. The maximum absolute atomic E-state index is 6.29. The molecule has 2 heterocycles. The van der Waals surface area contributed by atoms with Crippen LogP contribution < -0.4 is 4.74 Å². The highest BCUT2D eigenvalue weighted by Crippen LogP contribution is 2.35. The fraction of sp³-hybridized carbons (Fsp3) is 0.435. The van der Waals surface area contributed by atoms with E-state index in [-0.39, 0.29) is 6.10 Å². The molecule has 0 N–H and O–H groups in total. The zero-order valence-corrected chi connectivity index (χ0v) is 18.5. The molecule has 0 bridgehead atoms. The fourth-order valence-electron chi connectivity index (χ4n) is 4.21. The molecule has 158 valence electrons. The molecule has 4 rings (SSSR count). The molecular formula is C23H28ClN5O. The Labute approximate surface area is 182 Å². The summed E-state index contributed by atoms with van der Waals surface area (Å²) in [6.45, 7) is 2.82. The Morgan fingerprint density at radius 3 is 2.60 bits per heavy atom. The van der Waals surface area contributed by atoms with Gasteiger partial charge in [-0.1, -0.05) is 17.7 Å². The van der Waals surface area contributed by atoms with Gasteiger partial charge >= 0.3 is 0 Å². The number of nitrogens with zero attached hydrogens (tertiary/aromatic N) is 5. The van der Waals surface area contributed by atoms with Gasteiger partial charge in [-0.25, -0.2) is 4.98 Å². The van der Waals surface area contributed by atoms with E-state index in [0.29, 0.717) is 11.8 Å². The summed E-state index contributed by atoms with van der Waals surface area (Å²) >= 11 is 6.29. The summed E-state index contributed by atoms with van der Waals surface area (Å²) in [5.74, 6) is 3.00. The summed E-state index contributed by atoms with van der Waals surface area (Å²) in [5.41, 5.74) is 2.28. The van der Waals surface area contributed by atoms with Crippen molar-refractivity contribution in [3.05, 3.63) is 64.8 Å². The first kappa shape index (κ1) is 20.8. The number of pyridine rings is 1. The van der Waals surface area contributed by atoms with Crippen molar-refractivity contribution in [3.63, 3.8) is 0 Å². The molecule has 0 amide bonds. The third-order valence-electron chi connectivity index (χ3n) is 5.58. The van der Waals surface area contributed by atoms with Crippen molar-refractivity contribution in [1.29, 1.82) is 0 Å². The molecule has 0 atom stereocenters. The van der Waals surface area contributed by atoms with Gasteiger partial charge in [-0.3, -0.25) is 4.57 Å². The normalized spacial score (nSPS) is 19.2. The number of halogens is 1. The molecule has 1 aliphatic rings. The second-order valence-electron chi connectivity index (χ2n) is 8.21. The molecule has 7 heteroatoms. The van der Waals surface area contributed by atoms with Crippen LogP contribution in [0.3, 0.4) is 0 Å². The van der Waals surface area contributed by atoms with Crippen LogP contribution in [0.25, 0.3) is 5.69 Å². The molecule has 30 heavy (non-hydrogen) atoms. The third-order valence-corrected chi connectivity index (χ3v) is 5.82. The van der Waals surface area contributed by atoms with Gasteiger partial charge in [-0.2, -0.15) is 0 Å². The largest absolute Gasteiger partial charge is 0.474 e. The molecule has 0 radical (unpaired) electrons. The molecule has 1 aliphatic carbocycles. The summed E-state index contributed by atoms with van der Waals surface area (Å²) in [6.07, 6.45) is 5.98. The van der Waals surface area contributed by atoms with Crippen LogP contribution >= 0.6 is 11.6 Å². The lowest BCUT2D eigenvalue weighted by Gasteiger charge is -2.28. The first-order valence-corrected chi connectivity index (χ1v) is 10.8. The van der Waals surface area contributed by atoms with Crippen molar-refractivity contribution in [1.82, 2.24) is 24.6 Å². The van der Waals surface area contributed by atoms with Crippen molar-refractivity contribution in [2.24, 2.45) is 0 Å². The van der Waals surface area contributed by atoms with Crippen molar-refractivity contribution >= 4 is 11.6 Å². The van der Waals surface area contributed by atoms with Crippen LogP contribution in [0.5, 0.6) is 5.88 Å². The van der Waals surface area contributed by atoms with E-state index in [1.54, 1.807) is 6.20 Å². The Morgan fingerprint density at radius 1 is 1.10 bits per heavy atom. The van der Waals surface area contributed by atoms with Gasteiger partial charge in [-0.15, -0.1) is 10.2 Å². The van der Waals surface area contributed by atoms with Crippen molar-refractivity contribution in [2.45, 2.75) is 51.2 Å². The minimum absolute atomic E-state index is 0.202. The second kappa shape index (κ2) is 9.14. The summed E-state index contributed by atoms with van der Waals surface area (Å²) in [7, 11) is 4.13. The summed E-state index contributed by atoms with van der Waals surface area (Å²) in [4.78, 5) is 6.43. The highest BCUT2D eigenvalue weighted by atomic mass is 35.5. The van der Waals surface area contributed by atoms with Gasteiger partial charge < -0.3 is 9.64 Å². The Balaban J connectivity index is 1.54. The van der Waals surface area contributed by atoms with Crippen LogP contribution in [-0.4, -0.2) is 44.8 Å². The Kier molecular flexibility index (Phi) is 6.35. The number of ether oxygens (including phenoxy) is 1. The second-order valence-corrected chi connectivity index (χ2v) is 8.65. The number of aromatic nitrogens is 4. The van der Waals surface area contributed by atoms with Gasteiger partial charge in [0.2, 0.25) is 5.88 Å². The van der Waals surface area contributed by atoms with Gasteiger partial charge in [0.1, 0.15) is 17.8 Å². The van der Waals surface area contributed by atoms with Gasteiger partial charge in [0.25, 0.3) is 0 Å². The number of aryl methyl sites for hydroxylation is 1. The van der Waals surface area contributed by atoms with Crippen LogP contribution in [0.1, 0.15) is 48.8 Å². The zero-order valence-electron chi connectivity index (χ0n) is 17.8. The van der Waals surface area contributed by atoms with E-state index in [1.165, 1.54) is 5.56 Å². The smallest absolute Gasteiger partial charge is 0.213 e. The predicted octanol–water partition coefficient (Wildman–Crippen LogP) is 4.79. The lowest BCUT2D eigenvalue weighted by molar-refractivity contribution is 0.139. The van der Waals surface area contributed by atoms with Crippen LogP contribution in [-0.2, 0) is 6.54 Å². The maximum Gasteiger partial charge on any atom is 0.213 e. The van der Waals surface area contributed by atoms with E-state index < -0.39 is 0 Å². The molecule has 0 spiro atoms. The summed E-state index contributed by atoms with van der Waals surface area (Å²) in [6, 6.07) is 11.8. The maximum atomic E-state index is 6.29. The highest BCUT2D eigenvalue weighted by Gasteiger charge is 2.28. The Bertz CT molecular complexity index is 981. The van der Waals surface area contributed by atoms with E-state index in [2.05, 4.69) is 44.8 Å². The number of benzene rings is 1. The van der Waals surface area contributed by atoms with E-state index in [9.17, 15) is 0 Å². The molecule has 3 aromatic rings. The predicted molar refractivity (Wildman–Crippen MR) is 118 cm³/mol. The average Bonchev–Trinajstić information content (AvgIpc) is 3.10. The average molecular weight is 426 g/mol. The molecule has 6 nitrogen and oxygen atoms in total. The molecule has 0 unspecified atom stereocenters. The van der Waals surface area contributed by atoms with Crippen LogP contribution in [0.15, 0.2) is 42.6 Å². The Morgan fingerprint density at radius 2 is 1.90 bits per heavy atom. The quantitative estimate of drug-likeness (QED) is 0.568. The molecular weight excluding hydrogens is 398 g/mol. The van der Waals surface area contributed by atoms with Crippen LogP contribution in [0, 0.1) is 6.92 Å². The van der Waals surface area contributed by atoms with Crippen LogP contribution in [0.4, 0.5) is 0 Å².